The molecule has 122 valence electrons. The van der Waals surface area contributed by atoms with Gasteiger partial charge in [-0.15, -0.1) is 0 Å². The zero-order valence-corrected chi connectivity index (χ0v) is 14.7. The van der Waals surface area contributed by atoms with E-state index < -0.39 is 0 Å². The average molecular weight is 350 g/mol. The lowest BCUT2D eigenvalue weighted by Gasteiger charge is -2.04. The summed E-state index contributed by atoms with van der Waals surface area (Å²) in [6.45, 7) is 0. The van der Waals surface area contributed by atoms with Gasteiger partial charge in [-0.25, -0.2) is 4.98 Å². The maximum absolute atomic E-state index is 4.92. The fraction of sp³-hybridized carbons (Fsp3) is 0. The van der Waals surface area contributed by atoms with Crippen molar-refractivity contribution in [2.24, 2.45) is 0 Å². The molecule has 6 rings (SSSR count). The second-order valence-electron chi connectivity index (χ2n) is 6.50. The van der Waals surface area contributed by atoms with Gasteiger partial charge in [-0.05, 0) is 35.0 Å². The minimum atomic E-state index is 1.02. The van der Waals surface area contributed by atoms with Gasteiger partial charge in [0.25, 0.3) is 0 Å². The molecular formula is C23H14N2S. The molecule has 6 aromatic rings. The van der Waals surface area contributed by atoms with Crippen molar-refractivity contribution >= 4 is 54.1 Å². The molecule has 0 radical (unpaired) electrons. The highest BCUT2D eigenvalue weighted by molar-refractivity contribution is 7.20. The molecule has 3 heteroatoms. The van der Waals surface area contributed by atoms with E-state index in [-0.39, 0.29) is 0 Å². The topological polar surface area (TPSA) is 17.8 Å². The van der Waals surface area contributed by atoms with E-state index >= 15 is 0 Å². The second kappa shape index (κ2) is 5.16. The molecule has 0 saturated carbocycles. The Bertz CT molecular complexity index is 1410. The van der Waals surface area contributed by atoms with Gasteiger partial charge in [0.2, 0.25) is 0 Å². The first-order chi connectivity index (χ1) is 12.9. The molecule has 0 aliphatic rings. The summed E-state index contributed by atoms with van der Waals surface area (Å²) in [5.41, 5.74) is 3.47. The van der Waals surface area contributed by atoms with Crippen LogP contribution in [0.5, 0.6) is 0 Å². The van der Waals surface area contributed by atoms with Gasteiger partial charge in [0.15, 0.2) is 5.13 Å². The molecule has 0 N–H and O–H groups in total. The summed E-state index contributed by atoms with van der Waals surface area (Å²) < 4.78 is 3.52. The molecule has 0 aliphatic heterocycles. The quantitative estimate of drug-likeness (QED) is 0.329. The highest BCUT2D eigenvalue weighted by atomic mass is 32.1. The number of para-hydroxylation sites is 2. The molecule has 0 bridgehead atoms. The first-order valence-corrected chi connectivity index (χ1v) is 9.49. The zero-order valence-electron chi connectivity index (χ0n) is 13.9. The third-order valence-corrected chi connectivity index (χ3v) is 6.06. The molecule has 0 atom stereocenters. The maximum Gasteiger partial charge on any atom is 0.195 e. The number of thiazole rings is 1. The molecule has 2 heterocycles. The van der Waals surface area contributed by atoms with E-state index in [0.29, 0.717) is 0 Å². The van der Waals surface area contributed by atoms with E-state index in [9.17, 15) is 0 Å². The lowest BCUT2D eigenvalue weighted by Crippen LogP contribution is -1.92. The summed E-state index contributed by atoms with van der Waals surface area (Å²) in [4.78, 5) is 4.92. The number of benzene rings is 4. The van der Waals surface area contributed by atoms with Crippen molar-refractivity contribution in [3.63, 3.8) is 0 Å². The number of aromatic nitrogens is 2. The van der Waals surface area contributed by atoms with Gasteiger partial charge >= 0.3 is 0 Å². The predicted molar refractivity (Wildman–Crippen MR) is 111 cm³/mol. The Labute approximate surface area is 153 Å². The van der Waals surface area contributed by atoms with Crippen molar-refractivity contribution in [3.8, 4) is 5.13 Å². The SMILES string of the molecule is c1ccc2c(c1)ccc1c2c2ccccc2n1-c1nc2ccccc2s1. The summed E-state index contributed by atoms with van der Waals surface area (Å²) in [6.07, 6.45) is 0. The van der Waals surface area contributed by atoms with Crippen molar-refractivity contribution in [2.45, 2.75) is 0 Å². The highest BCUT2D eigenvalue weighted by Gasteiger charge is 2.16. The largest absolute Gasteiger partial charge is 0.285 e. The maximum atomic E-state index is 4.92. The summed E-state index contributed by atoms with van der Waals surface area (Å²) in [6, 6.07) is 30.0. The fourth-order valence-electron chi connectivity index (χ4n) is 3.90. The van der Waals surface area contributed by atoms with Gasteiger partial charge in [0.1, 0.15) is 0 Å². The van der Waals surface area contributed by atoms with Gasteiger partial charge in [0.05, 0.1) is 21.3 Å². The molecule has 26 heavy (non-hydrogen) atoms. The normalized spacial score (nSPS) is 11.8. The predicted octanol–water partition coefficient (Wildman–Crippen LogP) is 6.55. The first-order valence-electron chi connectivity index (χ1n) is 8.67. The third-order valence-electron chi connectivity index (χ3n) is 5.04. The number of rotatable bonds is 1. The number of hydrogen-bond acceptors (Lipinski definition) is 2. The van der Waals surface area contributed by atoms with E-state index in [4.69, 9.17) is 4.98 Å². The molecule has 2 aromatic heterocycles. The Morgan fingerprint density at radius 2 is 1.42 bits per heavy atom. The Hall–Kier alpha value is -3.17. The average Bonchev–Trinajstić information content (AvgIpc) is 3.26. The van der Waals surface area contributed by atoms with Crippen molar-refractivity contribution in [1.82, 2.24) is 9.55 Å². The van der Waals surface area contributed by atoms with Crippen LogP contribution in [0.3, 0.4) is 0 Å². The van der Waals surface area contributed by atoms with Crippen LogP contribution in [0.25, 0.3) is 47.9 Å². The van der Waals surface area contributed by atoms with Crippen molar-refractivity contribution < 1.29 is 0 Å². The van der Waals surface area contributed by atoms with E-state index in [1.807, 2.05) is 6.07 Å². The van der Waals surface area contributed by atoms with Gasteiger partial charge in [0, 0.05) is 10.8 Å². The van der Waals surface area contributed by atoms with Crippen LogP contribution >= 0.6 is 11.3 Å². The van der Waals surface area contributed by atoms with Crippen molar-refractivity contribution in [3.05, 3.63) is 84.9 Å². The molecule has 0 amide bonds. The van der Waals surface area contributed by atoms with Crippen LogP contribution in [0.15, 0.2) is 84.9 Å². The Balaban J connectivity index is 1.84. The van der Waals surface area contributed by atoms with Crippen LogP contribution in [0.2, 0.25) is 0 Å². The first kappa shape index (κ1) is 14.0. The van der Waals surface area contributed by atoms with E-state index in [1.54, 1.807) is 11.3 Å². The van der Waals surface area contributed by atoms with Crippen molar-refractivity contribution in [2.75, 3.05) is 0 Å². The third kappa shape index (κ3) is 1.83. The minimum Gasteiger partial charge on any atom is -0.285 e. The Morgan fingerprint density at radius 3 is 2.35 bits per heavy atom. The standard InChI is InChI=1S/C23H14N2S/c1-2-8-16-15(7-1)13-14-20-22(16)17-9-3-5-11-19(17)25(20)23-24-18-10-4-6-12-21(18)26-23/h1-14H. The monoisotopic (exact) mass is 350 g/mol. The zero-order chi connectivity index (χ0) is 17.1. The highest BCUT2D eigenvalue weighted by Crippen LogP contribution is 2.38. The molecule has 0 saturated heterocycles. The lowest BCUT2D eigenvalue weighted by atomic mass is 10.0. The van der Waals surface area contributed by atoms with Gasteiger partial charge in [-0.2, -0.15) is 0 Å². The smallest absolute Gasteiger partial charge is 0.195 e. The van der Waals surface area contributed by atoms with Crippen LogP contribution in [0, 0.1) is 0 Å². The van der Waals surface area contributed by atoms with E-state index in [2.05, 4.69) is 83.4 Å². The molecule has 0 spiro atoms. The number of fused-ring (bicyclic) bond motifs is 6. The molecule has 0 fully saturated rings. The summed E-state index contributed by atoms with van der Waals surface area (Å²) >= 11 is 1.74. The molecule has 0 unspecified atom stereocenters. The van der Waals surface area contributed by atoms with Gasteiger partial charge in [-0.1, -0.05) is 72.0 Å². The van der Waals surface area contributed by atoms with Crippen LogP contribution in [0.1, 0.15) is 0 Å². The molecular weight excluding hydrogens is 336 g/mol. The van der Waals surface area contributed by atoms with Crippen LogP contribution < -0.4 is 0 Å². The number of hydrogen-bond donors (Lipinski definition) is 0. The Kier molecular flexibility index (Phi) is 2.79. The molecule has 4 aromatic carbocycles. The summed E-state index contributed by atoms with van der Waals surface area (Å²) in [5.74, 6) is 0. The van der Waals surface area contributed by atoms with Crippen LogP contribution in [-0.4, -0.2) is 9.55 Å². The summed E-state index contributed by atoms with van der Waals surface area (Å²) in [7, 11) is 0. The van der Waals surface area contributed by atoms with Crippen LogP contribution in [0.4, 0.5) is 0 Å². The van der Waals surface area contributed by atoms with Crippen molar-refractivity contribution in [1.29, 1.82) is 0 Å². The molecule has 0 aliphatic carbocycles. The van der Waals surface area contributed by atoms with E-state index in [0.717, 1.165) is 10.6 Å². The fourth-order valence-corrected chi connectivity index (χ4v) is 4.89. The van der Waals surface area contributed by atoms with E-state index in [1.165, 1.54) is 37.3 Å². The number of nitrogens with zero attached hydrogens (tertiary/aromatic N) is 2. The molecule has 2 nitrogen and oxygen atoms in total. The lowest BCUT2D eigenvalue weighted by molar-refractivity contribution is 1.15. The van der Waals surface area contributed by atoms with Crippen LogP contribution in [-0.2, 0) is 0 Å². The minimum absolute atomic E-state index is 1.02. The van der Waals surface area contributed by atoms with Gasteiger partial charge < -0.3 is 0 Å². The summed E-state index contributed by atoms with van der Waals surface area (Å²) in [5, 5.41) is 6.16. The second-order valence-corrected chi connectivity index (χ2v) is 7.51. The van der Waals surface area contributed by atoms with Gasteiger partial charge in [-0.3, -0.25) is 4.57 Å². The Morgan fingerprint density at radius 1 is 0.654 bits per heavy atom.